The number of carbonyl (C=O) groups is 1. The first kappa shape index (κ1) is 13.6. The number of aromatic nitrogens is 1. The molecule has 0 bridgehead atoms. The van der Waals surface area contributed by atoms with E-state index in [0.29, 0.717) is 6.20 Å². The van der Waals surface area contributed by atoms with E-state index in [0.717, 1.165) is 0 Å². The van der Waals surface area contributed by atoms with Crippen LogP contribution in [0.2, 0.25) is 0 Å². The summed E-state index contributed by atoms with van der Waals surface area (Å²) >= 11 is 2.82. The van der Waals surface area contributed by atoms with Crippen molar-refractivity contribution in [1.29, 1.82) is 0 Å². The van der Waals surface area contributed by atoms with Gasteiger partial charge in [-0.1, -0.05) is 15.9 Å². The number of pyridine rings is 1. The third-order valence-corrected chi connectivity index (χ3v) is 2.28. The topological polar surface area (TPSA) is 79.4 Å². The molecule has 0 unspecified atom stereocenters. The van der Waals surface area contributed by atoms with E-state index >= 15 is 0 Å². The lowest BCUT2D eigenvalue weighted by molar-refractivity contribution is -0.275. The van der Waals surface area contributed by atoms with Crippen molar-refractivity contribution in [2.75, 3.05) is 0 Å². The quantitative estimate of drug-likeness (QED) is 0.834. The standard InChI is InChI=1S/C8H5BrF3NO4/c9-1-3-5(7(15)16)13-2-4(6(3)14)17-8(10,11)12/h2H,1H2,(H,13,14)(H,15,16). The molecule has 1 aromatic rings. The Balaban J connectivity index is 3.31. The second kappa shape index (κ2) is 4.78. The Morgan fingerprint density at radius 2 is 2.12 bits per heavy atom. The number of aromatic amines is 1. The van der Waals surface area contributed by atoms with E-state index in [1.807, 2.05) is 0 Å². The van der Waals surface area contributed by atoms with E-state index in [9.17, 15) is 22.8 Å². The van der Waals surface area contributed by atoms with Gasteiger partial charge in [0.1, 0.15) is 5.69 Å². The molecule has 1 aromatic heterocycles. The van der Waals surface area contributed by atoms with E-state index in [1.54, 1.807) is 0 Å². The maximum absolute atomic E-state index is 11.9. The fourth-order valence-electron chi connectivity index (χ4n) is 1.07. The first-order valence-corrected chi connectivity index (χ1v) is 5.18. The van der Waals surface area contributed by atoms with Crippen LogP contribution in [0.4, 0.5) is 13.2 Å². The highest BCUT2D eigenvalue weighted by molar-refractivity contribution is 9.08. The van der Waals surface area contributed by atoms with Gasteiger partial charge in [0, 0.05) is 17.1 Å². The van der Waals surface area contributed by atoms with Crippen LogP contribution in [-0.4, -0.2) is 22.4 Å². The van der Waals surface area contributed by atoms with Crippen molar-refractivity contribution < 1.29 is 27.8 Å². The van der Waals surface area contributed by atoms with E-state index in [1.165, 1.54) is 0 Å². The molecular formula is C8H5BrF3NO4. The highest BCUT2D eigenvalue weighted by atomic mass is 79.9. The minimum absolute atomic E-state index is 0.209. The molecule has 0 fully saturated rings. The number of halogens is 4. The van der Waals surface area contributed by atoms with Crippen LogP contribution in [0.3, 0.4) is 0 Å². The van der Waals surface area contributed by atoms with Gasteiger partial charge in [-0.05, 0) is 0 Å². The van der Waals surface area contributed by atoms with Crippen molar-refractivity contribution in [3.05, 3.63) is 27.7 Å². The summed E-state index contributed by atoms with van der Waals surface area (Å²) in [4.78, 5) is 24.2. The molecule has 0 radical (unpaired) electrons. The molecule has 94 valence electrons. The van der Waals surface area contributed by atoms with Gasteiger partial charge in [0.2, 0.25) is 5.43 Å². The number of hydrogen-bond acceptors (Lipinski definition) is 3. The molecular weight excluding hydrogens is 311 g/mol. The lowest BCUT2D eigenvalue weighted by Crippen LogP contribution is -2.25. The molecule has 2 N–H and O–H groups in total. The lowest BCUT2D eigenvalue weighted by atomic mass is 10.2. The second-order valence-corrected chi connectivity index (χ2v) is 3.38. The van der Waals surface area contributed by atoms with Crippen molar-refractivity contribution in [3.8, 4) is 5.75 Å². The van der Waals surface area contributed by atoms with Gasteiger partial charge in [0.05, 0.1) is 0 Å². The van der Waals surface area contributed by atoms with Gasteiger partial charge in [0.25, 0.3) is 0 Å². The number of hydrogen-bond donors (Lipinski definition) is 2. The SMILES string of the molecule is O=C(O)c1[nH]cc(OC(F)(F)F)c(=O)c1CBr. The second-order valence-electron chi connectivity index (χ2n) is 2.82. The highest BCUT2D eigenvalue weighted by Crippen LogP contribution is 2.20. The zero-order valence-electron chi connectivity index (χ0n) is 7.97. The van der Waals surface area contributed by atoms with Gasteiger partial charge in [0.15, 0.2) is 5.75 Å². The molecule has 1 heterocycles. The van der Waals surface area contributed by atoms with Crippen LogP contribution in [0.1, 0.15) is 16.1 Å². The third-order valence-electron chi connectivity index (χ3n) is 1.72. The van der Waals surface area contributed by atoms with Crippen LogP contribution in [-0.2, 0) is 5.33 Å². The average molecular weight is 316 g/mol. The van der Waals surface area contributed by atoms with Crippen LogP contribution in [0.15, 0.2) is 11.0 Å². The smallest absolute Gasteiger partial charge is 0.477 e. The molecule has 0 amide bonds. The average Bonchev–Trinajstić information content (AvgIpc) is 2.18. The normalized spacial score (nSPS) is 11.3. The van der Waals surface area contributed by atoms with Crippen molar-refractivity contribution in [1.82, 2.24) is 4.98 Å². The number of carboxylic acid groups (broad SMARTS) is 1. The van der Waals surface area contributed by atoms with Crippen LogP contribution in [0.25, 0.3) is 0 Å². The fourth-order valence-corrected chi connectivity index (χ4v) is 1.61. The summed E-state index contributed by atoms with van der Waals surface area (Å²) in [5, 5.41) is 8.48. The Bertz CT molecular complexity index is 497. The molecule has 0 aromatic carbocycles. The summed E-state index contributed by atoms with van der Waals surface area (Å²) in [5.41, 5.74) is -1.96. The molecule has 0 atom stereocenters. The number of carboxylic acids is 1. The zero-order chi connectivity index (χ0) is 13.2. The minimum Gasteiger partial charge on any atom is -0.477 e. The summed E-state index contributed by atoms with van der Waals surface area (Å²) in [6.45, 7) is 0. The summed E-state index contributed by atoms with van der Waals surface area (Å²) < 4.78 is 39.2. The fraction of sp³-hybridized carbons (Fsp3) is 0.250. The first-order valence-electron chi connectivity index (χ1n) is 4.06. The number of aromatic carboxylic acids is 1. The van der Waals surface area contributed by atoms with Crippen LogP contribution in [0.5, 0.6) is 5.75 Å². The van der Waals surface area contributed by atoms with Gasteiger partial charge >= 0.3 is 12.3 Å². The zero-order valence-corrected chi connectivity index (χ0v) is 9.55. The Labute approximate surface area is 100 Å². The number of nitrogens with one attached hydrogen (secondary N) is 1. The van der Waals surface area contributed by atoms with Crippen molar-refractivity contribution >= 4 is 21.9 Å². The van der Waals surface area contributed by atoms with E-state index < -0.39 is 29.2 Å². The van der Waals surface area contributed by atoms with Gasteiger partial charge in [-0.15, -0.1) is 13.2 Å². The van der Waals surface area contributed by atoms with Crippen molar-refractivity contribution in [3.63, 3.8) is 0 Å². The number of rotatable bonds is 3. The van der Waals surface area contributed by atoms with Crippen LogP contribution in [0, 0.1) is 0 Å². The Hall–Kier alpha value is -1.51. The molecule has 17 heavy (non-hydrogen) atoms. The van der Waals surface area contributed by atoms with Gasteiger partial charge < -0.3 is 14.8 Å². The summed E-state index contributed by atoms with van der Waals surface area (Å²) in [7, 11) is 0. The molecule has 0 spiro atoms. The van der Waals surface area contributed by atoms with E-state index in [4.69, 9.17) is 5.11 Å². The molecule has 0 aliphatic rings. The van der Waals surface area contributed by atoms with Gasteiger partial charge in [-0.3, -0.25) is 4.79 Å². The number of H-pyrrole nitrogens is 1. The summed E-state index contributed by atoms with van der Waals surface area (Å²) in [6, 6.07) is 0. The maximum Gasteiger partial charge on any atom is 0.573 e. The van der Waals surface area contributed by atoms with Crippen LogP contribution >= 0.6 is 15.9 Å². The Morgan fingerprint density at radius 3 is 2.53 bits per heavy atom. The predicted molar refractivity (Wildman–Crippen MR) is 53.3 cm³/mol. The molecule has 9 heteroatoms. The van der Waals surface area contributed by atoms with E-state index in [2.05, 4.69) is 25.7 Å². The lowest BCUT2D eigenvalue weighted by Gasteiger charge is -2.09. The molecule has 5 nitrogen and oxygen atoms in total. The summed E-state index contributed by atoms with van der Waals surface area (Å²) in [6.07, 6.45) is -4.45. The predicted octanol–water partition coefficient (Wildman–Crippen LogP) is 1.87. The van der Waals surface area contributed by atoms with E-state index in [-0.39, 0.29) is 10.9 Å². The molecule has 0 saturated carbocycles. The first-order chi connectivity index (χ1) is 7.76. The molecule has 0 aliphatic heterocycles. The van der Waals surface area contributed by atoms with Crippen LogP contribution < -0.4 is 10.2 Å². The highest BCUT2D eigenvalue weighted by Gasteiger charge is 2.33. The van der Waals surface area contributed by atoms with Gasteiger partial charge in [-0.25, -0.2) is 4.79 Å². The maximum atomic E-state index is 11.9. The Morgan fingerprint density at radius 1 is 1.53 bits per heavy atom. The third kappa shape index (κ3) is 3.22. The number of alkyl halides is 4. The van der Waals surface area contributed by atoms with Crippen molar-refractivity contribution in [2.45, 2.75) is 11.7 Å². The number of ether oxygens (including phenoxy) is 1. The Kier molecular flexibility index (Phi) is 3.81. The summed E-state index contributed by atoms with van der Waals surface area (Å²) in [5.74, 6) is -2.45. The van der Waals surface area contributed by atoms with Crippen molar-refractivity contribution in [2.24, 2.45) is 0 Å². The largest absolute Gasteiger partial charge is 0.573 e. The molecule has 0 saturated heterocycles. The van der Waals surface area contributed by atoms with Gasteiger partial charge in [-0.2, -0.15) is 0 Å². The molecule has 1 rings (SSSR count). The monoisotopic (exact) mass is 315 g/mol. The molecule has 0 aliphatic carbocycles. The minimum atomic E-state index is -5.01.